The van der Waals surface area contributed by atoms with Crippen molar-refractivity contribution >= 4 is 57.4 Å². The number of hydrogen-bond acceptors (Lipinski definition) is 1. The molecule has 0 radical (unpaired) electrons. The van der Waals surface area contributed by atoms with E-state index in [-0.39, 0.29) is 16.6 Å². The predicted molar refractivity (Wildman–Crippen MR) is 90.1 cm³/mol. The van der Waals surface area contributed by atoms with Crippen molar-refractivity contribution in [3.8, 4) is 0 Å². The zero-order valence-electron chi connectivity index (χ0n) is 11.3. The molecule has 120 valence electrons. The van der Waals surface area contributed by atoms with Crippen molar-refractivity contribution in [3.63, 3.8) is 0 Å². The maximum Gasteiger partial charge on any atom is 0.380 e. The first kappa shape index (κ1) is 16.8. The van der Waals surface area contributed by atoms with Crippen LogP contribution >= 0.6 is 46.4 Å². The highest BCUT2D eigenvalue weighted by atomic mass is 35.5. The van der Waals surface area contributed by atoms with E-state index in [0.717, 1.165) is 5.56 Å². The molecule has 0 aliphatic heterocycles. The third-order valence-electron chi connectivity index (χ3n) is 3.30. The van der Waals surface area contributed by atoms with E-state index in [2.05, 4.69) is 4.98 Å². The fourth-order valence-electron chi connectivity index (χ4n) is 2.27. The molecule has 0 unspecified atom stereocenters. The zero-order valence-corrected chi connectivity index (χ0v) is 14.4. The summed E-state index contributed by atoms with van der Waals surface area (Å²) in [4.78, 5) is 3.91. The number of alkyl halides is 3. The Bertz CT molecular complexity index is 870. The normalized spacial score (nSPS) is 12.1. The van der Waals surface area contributed by atoms with E-state index in [1.165, 1.54) is 16.7 Å². The van der Waals surface area contributed by atoms with Crippen molar-refractivity contribution in [1.82, 2.24) is 9.55 Å². The summed E-state index contributed by atoms with van der Waals surface area (Å²) in [7, 11) is 0. The molecule has 8 heteroatoms. The molecular weight excluding hydrogens is 388 g/mol. The highest BCUT2D eigenvalue weighted by molar-refractivity contribution is 6.42. The molecule has 0 fully saturated rings. The van der Waals surface area contributed by atoms with Crippen LogP contribution < -0.4 is 0 Å². The lowest BCUT2D eigenvalue weighted by Crippen LogP contribution is -2.14. The molecule has 0 saturated carbocycles. The first-order valence-corrected chi connectivity index (χ1v) is 7.94. The van der Waals surface area contributed by atoms with Crippen molar-refractivity contribution < 1.29 is 8.78 Å². The third kappa shape index (κ3) is 3.41. The lowest BCUT2D eigenvalue weighted by Gasteiger charge is -2.12. The number of hydrogen-bond donors (Lipinski definition) is 0. The number of fused-ring (bicyclic) bond motifs is 1. The second kappa shape index (κ2) is 6.10. The molecule has 0 bridgehead atoms. The number of imidazole rings is 1. The first-order valence-electron chi connectivity index (χ1n) is 6.42. The standard InChI is InChI=1S/C15H8Cl4F2N2/c16-9-3-1-8(2-4-9)7-23-13-6-11(18)10(17)5-12(13)22-14(23)15(19,20)21/h1-6H,7H2. The summed E-state index contributed by atoms with van der Waals surface area (Å²) in [5.41, 5.74) is 1.48. The number of halogens is 6. The molecule has 1 heterocycles. The van der Waals surface area contributed by atoms with Gasteiger partial charge in [0.1, 0.15) is 0 Å². The number of aromatic nitrogens is 2. The van der Waals surface area contributed by atoms with Crippen LogP contribution in [0.1, 0.15) is 11.4 Å². The van der Waals surface area contributed by atoms with Crippen LogP contribution in [0.4, 0.5) is 8.78 Å². The van der Waals surface area contributed by atoms with Gasteiger partial charge < -0.3 is 4.57 Å². The fraction of sp³-hybridized carbons (Fsp3) is 0.133. The fourth-order valence-corrected chi connectivity index (χ4v) is 2.86. The van der Waals surface area contributed by atoms with Gasteiger partial charge in [0.25, 0.3) is 0 Å². The number of rotatable bonds is 3. The molecule has 1 aromatic heterocycles. The maximum atomic E-state index is 13.7. The van der Waals surface area contributed by atoms with Crippen molar-refractivity contribution in [2.45, 2.75) is 11.9 Å². The minimum absolute atomic E-state index is 0.142. The monoisotopic (exact) mass is 394 g/mol. The van der Waals surface area contributed by atoms with Gasteiger partial charge in [0.2, 0.25) is 0 Å². The van der Waals surface area contributed by atoms with E-state index in [9.17, 15) is 8.78 Å². The molecule has 3 aromatic rings. The Morgan fingerprint density at radius 3 is 2.22 bits per heavy atom. The molecule has 0 atom stereocenters. The second-order valence-electron chi connectivity index (χ2n) is 4.90. The third-order valence-corrected chi connectivity index (χ3v) is 4.44. The average molecular weight is 396 g/mol. The first-order chi connectivity index (χ1) is 10.8. The van der Waals surface area contributed by atoms with Crippen LogP contribution in [0.3, 0.4) is 0 Å². The average Bonchev–Trinajstić information content (AvgIpc) is 2.80. The minimum Gasteiger partial charge on any atom is -0.317 e. The van der Waals surface area contributed by atoms with Gasteiger partial charge in [-0.1, -0.05) is 46.9 Å². The lowest BCUT2D eigenvalue weighted by molar-refractivity contribution is 0.0811. The van der Waals surface area contributed by atoms with Gasteiger partial charge >= 0.3 is 5.38 Å². The number of benzene rings is 2. The van der Waals surface area contributed by atoms with Gasteiger partial charge in [0.15, 0.2) is 5.82 Å². The van der Waals surface area contributed by atoms with Crippen molar-refractivity contribution in [2.75, 3.05) is 0 Å². The zero-order chi connectivity index (χ0) is 16.8. The topological polar surface area (TPSA) is 17.8 Å². The molecule has 2 nitrogen and oxygen atoms in total. The van der Waals surface area contributed by atoms with Gasteiger partial charge in [0.05, 0.1) is 21.1 Å². The smallest absolute Gasteiger partial charge is 0.317 e. The van der Waals surface area contributed by atoms with Crippen molar-refractivity contribution in [2.24, 2.45) is 0 Å². The highest BCUT2D eigenvalue weighted by Gasteiger charge is 2.35. The van der Waals surface area contributed by atoms with Gasteiger partial charge in [-0.15, -0.1) is 0 Å². The van der Waals surface area contributed by atoms with Crippen LogP contribution in [0.5, 0.6) is 0 Å². The van der Waals surface area contributed by atoms with Crippen molar-refractivity contribution in [3.05, 3.63) is 62.9 Å². The van der Waals surface area contributed by atoms with Crippen LogP contribution in [0.25, 0.3) is 11.0 Å². The highest BCUT2D eigenvalue weighted by Crippen LogP contribution is 2.36. The van der Waals surface area contributed by atoms with E-state index in [1.807, 2.05) is 0 Å². The molecule has 0 aliphatic rings. The van der Waals surface area contributed by atoms with Gasteiger partial charge in [0, 0.05) is 11.6 Å². The summed E-state index contributed by atoms with van der Waals surface area (Å²) in [5.74, 6) is -0.567. The van der Waals surface area contributed by atoms with Crippen LogP contribution in [0.15, 0.2) is 36.4 Å². The van der Waals surface area contributed by atoms with E-state index in [1.54, 1.807) is 24.3 Å². The Morgan fingerprint density at radius 1 is 1.00 bits per heavy atom. The summed E-state index contributed by atoms with van der Waals surface area (Å²) in [6.07, 6.45) is 0. The Labute approximate surface area is 150 Å². The van der Waals surface area contributed by atoms with E-state index in [4.69, 9.17) is 46.4 Å². The minimum atomic E-state index is -3.62. The molecule has 0 spiro atoms. The molecule has 0 amide bonds. The van der Waals surface area contributed by atoms with Crippen LogP contribution in [0, 0.1) is 0 Å². The Morgan fingerprint density at radius 2 is 1.61 bits per heavy atom. The summed E-state index contributed by atoms with van der Waals surface area (Å²) in [5, 5.41) is -2.58. The maximum absolute atomic E-state index is 13.7. The molecule has 0 saturated heterocycles. The van der Waals surface area contributed by atoms with Gasteiger partial charge in [-0.3, -0.25) is 0 Å². The van der Waals surface area contributed by atoms with Crippen LogP contribution in [-0.4, -0.2) is 9.55 Å². The summed E-state index contributed by atoms with van der Waals surface area (Å²) >= 11 is 23.0. The summed E-state index contributed by atoms with van der Waals surface area (Å²) in [6, 6.07) is 9.76. The number of nitrogens with zero attached hydrogens (tertiary/aromatic N) is 2. The quantitative estimate of drug-likeness (QED) is 0.473. The molecule has 3 rings (SSSR count). The predicted octanol–water partition coefficient (Wildman–Crippen LogP) is 6.33. The Balaban J connectivity index is 2.19. The van der Waals surface area contributed by atoms with E-state index >= 15 is 0 Å². The van der Waals surface area contributed by atoms with Crippen LogP contribution in [0.2, 0.25) is 15.1 Å². The molecular formula is C15H8Cl4F2N2. The summed E-state index contributed by atoms with van der Waals surface area (Å²) in [6.45, 7) is 0.142. The molecule has 0 aliphatic carbocycles. The lowest BCUT2D eigenvalue weighted by atomic mass is 10.2. The van der Waals surface area contributed by atoms with Crippen molar-refractivity contribution in [1.29, 1.82) is 0 Å². The Kier molecular flexibility index (Phi) is 4.45. The molecule has 0 N–H and O–H groups in total. The van der Waals surface area contributed by atoms with Gasteiger partial charge in [-0.25, -0.2) is 4.98 Å². The summed E-state index contributed by atoms with van der Waals surface area (Å²) < 4.78 is 28.7. The van der Waals surface area contributed by atoms with Gasteiger partial charge in [-0.05, 0) is 41.4 Å². The van der Waals surface area contributed by atoms with Gasteiger partial charge in [-0.2, -0.15) is 8.78 Å². The molecule has 23 heavy (non-hydrogen) atoms. The second-order valence-corrected chi connectivity index (χ2v) is 6.63. The SMILES string of the molecule is FC(F)(Cl)c1nc2cc(Cl)c(Cl)cc2n1Cc1ccc(Cl)cc1. The largest absolute Gasteiger partial charge is 0.380 e. The Hall–Kier alpha value is -1.07. The van der Waals surface area contributed by atoms with E-state index in [0.29, 0.717) is 16.1 Å². The van der Waals surface area contributed by atoms with E-state index < -0.39 is 11.2 Å². The molecule has 2 aromatic carbocycles. The van der Waals surface area contributed by atoms with Crippen LogP contribution in [-0.2, 0) is 11.9 Å².